The van der Waals surface area contributed by atoms with Crippen molar-refractivity contribution < 1.29 is 13.9 Å². The van der Waals surface area contributed by atoms with Gasteiger partial charge in [-0.05, 0) is 18.2 Å². The van der Waals surface area contributed by atoms with E-state index in [0.717, 1.165) is 10.3 Å². The third-order valence-corrected chi connectivity index (χ3v) is 5.68. The van der Waals surface area contributed by atoms with E-state index in [2.05, 4.69) is 0 Å². The fourth-order valence-electron chi connectivity index (χ4n) is 2.91. The Morgan fingerprint density at radius 1 is 1.20 bits per heavy atom. The molecular weight excluding hydrogens is 360 g/mol. The summed E-state index contributed by atoms with van der Waals surface area (Å²) in [7, 11) is 0. The van der Waals surface area contributed by atoms with Crippen molar-refractivity contribution in [2.45, 2.75) is 10.8 Å². The van der Waals surface area contributed by atoms with Crippen LogP contribution in [0.2, 0.25) is 5.02 Å². The van der Waals surface area contributed by atoms with Crippen LogP contribution in [0.4, 0.5) is 0 Å². The van der Waals surface area contributed by atoms with Crippen LogP contribution in [0.15, 0.2) is 62.6 Å². The number of halogens is 1. The van der Waals surface area contributed by atoms with E-state index < -0.39 is 11.5 Å². The number of carbonyl (C=O) groups is 1. The SMILES string of the molecule is O=C(COc1ccccc1Cl)C1CSc2c1c(=O)oc1ccccc21. The molecule has 0 radical (unpaired) electrons. The fraction of sp³-hybridized carbons (Fsp3) is 0.158. The molecule has 0 bridgehead atoms. The van der Waals surface area contributed by atoms with Crippen molar-refractivity contribution in [2.75, 3.05) is 12.4 Å². The Labute approximate surface area is 152 Å². The van der Waals surface area contributed by atoms with E-state index in [1.807, 2.05) is 18.2 Å². The van der Waals surface area contributed by atoms with Crippen LogP contribution in [0.1, 0.15) is 11.5 Å². The molecule has 25 heavy (non-hydrogen) atoms. The number of ether oxygens (including phenoxy) is 1. The van der Waals surface area contributed by atoms with E-state index in [9.17, 15) is 9.59 Å². The summed E-state index contributed by atoms with van der Waals surface area (Å²) in [6.45, 7) is -0.138. The Morgan fingerprint density at radius 3 is 2.80 bits per heavy atom. The van der Waals surface area contributed by atoms with Gasteiger partial charge in [0.05, 0.1) is 16.5 Å². The number of rotatable bonds is 4. The average molecular weight is 373 g/mol. The lowest BCUT2D eigenvalue weighted by Crippen LogP contribution is -2.24. The summed E-state index contributed by atoms with van der Waals surface area (Å²) in [5.41, 5.74) is 0.533. The molecule has 4 nitrogen and oxygen atoms in total. The minimum atomic E-state index is -0.525. The molecule has 4 rings (SSSR count). The second-order valence-corrected chi connectivity index (χ2v) is 7.11. The molecule has 0 fully saturated rings. The van der Waals surface area contributed by atoms with Gasteiger partial charge in [0.25, 0.3) is 0 Å². The lowest BCUT2D eigenvalue weighted by molar-refractivity contribution is -0.122. The van der Waals surface area contributed by atoms with Crippen molar-refractivity contribution in [1.29, 1.82) is 0 Å². The number of carbonyl (C=O) groups excluding carboxylic acids is 1. The van der Waals surface area contributed by atoms with Gasteiger partial charge in [-0.2, -0.15) is 0 Å². The lowest BCUT2D eigenvalue weighted by atomic mass is 9.97. The molecule has 1 aliphatic rings. The first-order chi connectivity index (χ1) is 12.1. The summed E-state index contributed by atoms with van der Waals surface area (Å²) in [6.07, 6.45) is 0. The molecule has 1 unspecified atom stereocenters. The highest BCUT2D eigenvalue weighted by molar-refractivity contribution is 8.00. The molecule has 0 amide bonds. The molecule has 1 atom stereocenters. The quantitative estimate of drug-likeness (QED) is 0.639. The van der Waals surface area contributed by atoms with E-state index in [1.165, 1.54) is 11.8 Å². The van der Waals surface area contributed by atoms with Crippen molar-refractivity contribution in [1.82, 2.24) is 0 Å². The molecular formula is C19H13ClO4S. The van der Waals surface area contributed by atoms with Crippen molar-refractivity contribution in [3.8, 4) is 5.75 Å². The lowest BCUT2D eigenvalue weighted by Gasteiger charge is -2.11. The van der Waals surface area contributed by atoms with Crippen LogP contribution >= 0.6 is 23.4 Å². The van der Waals surface area contributed by atoms with Crippen LogP contribution in [0.3, 0.4) is 0 Å². The first-order valence-electron chi connectivity index (χ1n) is 7.73. The Kier molecular flexibility index (Phi) is 4.27. The van der Waals surface area contributed by atoms with Crippen LogP contribution in [-0.4, -0.2) is 18.1 Å². The highest BCUT2D eigenvalue weighted by atomic mass is 35.5. The first kappa shape index (κ1) is 16.2. The maximum Gasteiger partial charge on any atom is 0.341 e. The summed E-state index contributed by atoms with van der Waals surface area (Å²) in [4.78, 5) is 25.8. The largest absolute Gasteiger partial charge is 0.484 e. The number of hydrogen-bond acceptors (Lipinski definition) is 5. The first-order valence-corrected chi connectivity index (χ1v) is 9.10. The number of para-hydroxylation sites is 2. The number of hydrogen-bond donors (Lipinski definition) is 0. The van der Waals surface area contributed by atoms with Gasteiger partial charge in [0.2, 0.25) is 0 Å². The van der Waals surface area contributed by atoms with E-state index in [1.54, 1.807) is 30.3 Å². The van der Waals surface area contributed by atoms with Crippen LogP contribution < -0.4 is 10.4 Å². The topological polar surface area (TPSA) is 56.5 Å². The van der Waals surface area contributed by atoms with Crippen molar-refractivity contribution in [3.63, 3.8) is 0 Å². The third-order valence-electron chi connectivity index (χ3n) is 4.14. The summed E-state index contributed by atoms with van der Waals surface area (Å²) in [5, 5.41) is 1.31. The molecule has 1 aliphatic heterocycles. The fourth-order valence-corrected chi connectivity index (χ4v) is 4.49. The molecule has 0 aliphatic carbocycles. The molecule has 3 aromatic rings. The molecule has 1 aromatic heterocycles. The van der Waals surface area contributed by atoms with Gasteiger partial charge < -0.3 is 9.15 Å². The minimum absolute atomic E-state index is 0.138. The molecule has 0 spiro atoms. The smallest absolute Gasteiger partial charge is 0.341 e. The zero-order valence-corrected chi connectivity index (χ0v) is 14.6. The van der Waals surface area contributed by atoms with Gasteiger partial charge in [-0.25, -0.2) is 4.79 Å². The Balaban J connectivity index is 1.62. The number of fused-ring (bicyclic) bond motifs is 3. The monoisotopic (exact) mass is 372 g/mol. The highest BCUT2D eigenvalue weighted by Gasteiger charge is 2.34. The van der Waals surface area contributed by atoms with Gasteiger partial charge in [-0.3, -0.25) is 4.79 Å². The Morgan fingerprint density at radius 2 is 1.96 bits per heavy atom. The van der Waals surface area contributed by atoms with Gasteiger partial charge in [0.1, 0.15) is 17.9 Å². The van der Waals surface area contributed by atoms with Gasteiger partial charge in [0, 0.05) is 16.0 Å². The molecule has 0 N–H and O–H groups in total. The Hall–Kier alpha value is -2.24. The minimum Gasteiger partial charge on any atom is -0.484 e. The molecule has 126 valence electrons. The maximum absolute atomic E-state index is 12.6. The van der Waals surface area contributed by atoms with Crippen LogP contribution in [0, 0.1) is 0 Å². The molecule has 2 aromatic carbocycles. The number of benzene rings is 2. The summed E-state index contributed by atoms with van der Waals surface area (Å²) >= 11 is 7.54. The Bertz CT molecular complexity index is 1030. The molecule has 6 heteroatoms. The van der Waals surface area contributed by atoms with E-state index in [0.29, 0.717) is 27.7 Å². The average Bonchev–Trinajstić information content (AvgIpc) is 3.07. The molecule has 2 heterocycles. The number of thioether (sulfide) groups is 1. The second-order valence-electron chi connectivity index (χ2n) is 5.68. The zero-order valence-electron chi connectivity index (χ0n) is 13.0. The number of Topliss-reactive ketones (excluding diaryl/α,β-unsaturated/α-hetero) is 1. The molecule has 0 saturated carbocycles. The highest BCUT2D eigenvalue weighted by Crippen LogP contribution is 2.42. The van der Waals surface area contributed by atoms with Gasteiger partial charge in [0.15, 0.2) is 5.78 Å². The van der Waals surface area contributed by atoms with Crippen molar-refractivity contribution in [3.05, 3.63) is 69.5 Å². The zero-order chi connectivity index (χ0) is 17.4. The second kappa shape index (κ2) is 6.58. The summed E-state index contributed by atoms with van der Waals surface area (Å²) in [6, 6.07) is 14.3. The van der Waals surface area contributed by atoms with Crippen LogP contribution in [-0.2, 0) is 4.79 Å². The maximum atomic E-state index is 12.6. The van der Waals surface area contributed by atoms with Gasteiger partial charge in [-0.15, -0.1) is 11.8 Å². The predicted octanol–water partition coefficient (Wildman–Crippen LogP) is 4.28. The van der Waals surface area contributed by atoms with Crippen molar-refractivity contribution >= 4 is 40.1 Å². The normalized spacial score (nSPS) is 16.0. The van der Waals surface area contributed by atoms with Crippen molar-refractivity contribution in [2.24, 2.45) is 0 Å². The third kappa shape index (κ3) is 2.94. The summed E-state index contributed by atoms with van der Waals surface area (Å²) in [5.74, 6) is 0.282. The van der Waals surface area contributed by atoms with E-state index >= 15 is 0 Å². The van der Waals surface area contributed by atoms with Crippen LogP contribution in [0.5, 0.6) is 5.75 Å². The predicted molar refractivity (Wildman–Crippen MR) is 97.9 cm³/mol. The standard InChI is InChI=1S/C19H13ClO4S/c20-13-6-2-4-8-16(13)23-9-14(21)12-10-25-18-11-5-1-3-7-15(11)24-19(22)17(12)18/h1-8,12H,9-10H2. The summed E-state index contributed by atoms with van der Waals surface area (Å²) < 4.78 is 10.9. The van der Waals surface area contributed by atoms with E-state index in [4.69, 9.17) is 20.8 Å². The van der Waals surface area contributed by atoms with Gasteiger partial charge in [-0.1, -0.05) is 41.9 Å². The molecule has 0 saturated heterocycles. The van der Waals surface area contributed by atoms with Gasteiger partial charge >= 0.3 is 5.63 Å². The number of ketones is 1. The van der Waals surface area contributed by atoms with E-state index in [-0.39, 0.29) is 12.4 Å². The van der Waals surface area contributed by atoms with Crippen LogP contribution in [0.25, 0.3) is 11.0 Å².